The van der Waals surface area contributed by atoms with Crippen molar-refractivity contribution in [2.24, 2.45) is 0 Å². The highest BCUT2D eigenvalue weighted by atomic mass is 16.6. The summed E-state index contributed by atoms with van der Waals surface area (Å²) in [6.07, 6.45) is -0.250. The Balaban J connectivity index is 1.94. The molecule has 0 N–H and O–H groups in total. The fraction of sp³-hybridized carbons (Fsp3) is 0.235. The lowest BCUT2D eigenvalue weighted by Gasteiger charge is -2.18. The molecular formula is C17H17NO2. The third-order valence-electron chi connectivity index (χ3n) is 3.84. The molecule has 1 saturated heterocycles. The Morgan fingerprint density at radius 2 is 1.90 bits per heavy atom. The standard InChI is InChI=1S/C17H17NO2/c1-12-10-14(16-11-20-17(19)18(16)2)8-9-15(12)13-6-4-3-5-7-13/h3-10,16H,11H2,1-2H3. The van der Waals surface area contributed by atoms with Crippen LogP contribution in [-0.2, 0) is 4.74 Å². The quantitative estimate of drug-likeness (QED) is 0.828. The van der Waals surface area contributed by atoms with Crippen LogP contribution >= 0.6 is 0 Å². The molecule has 0 aliphatic carbocycles. The van der Waals surface area contributed by atoms with Gasteiger partial charge in [0, 0.05) is 7.05 Å². The number of rotatable bonds is 2. The molecule has 0 saturated carbocycles. The van der Waals surface area contributed by atoms with E-state index in [1.165, 1.54) is 16.7 Å². The van der Waals surface area contributed by atoms with Gasteiger partial charge in [0.05, 0.1) is 6.04 Å². The summed E-state index contributed by atoms with van der Waals surface area (Å²) in [6.45, 7) is 2.53. The van der Waals surface area contributed by atoms with Crippen molar-refractivity contribution in [2.75, 3.05) is 13.7 Å². The zero-order valence-electron chi connectivity index (χ0n) is 11.7. The molecule has 102 valence electrons. The molecule has 0 bridgehead atoms. The molecule has 1 fully saturated rings. The monoisotopic (exact) mass is 267 g/mol. The van der Waals surface area contributed by atoms with Crippen LogP contribution < -0.4 is 0 Å². The van der Waals surface area contributed by atoms with E-state index in [1.54, 1.807) is 11.9 Å². The number of ether oxygens (including phenoxy) is 1. The molecule has 0 radical (unpaired) electrons. The van der Waals surface area contributed by atoms with Crippen LogP contribution in [-0.4, -0.2) is 24.6 Å². The van der Waals surface area contributed by atoms with Crippen molar-refractivity contribution in [2.45, 2.75) is 13.0 Å². The average molecular weight is 267 g/mol. The van der Waals surface area contributed by atoms with Gasteiger partial charge >= 0.3 is 6.09 Å². The van der Waals surface area contributed by atoms with Crippen LogP contribution in [0.3, 0.4) is 0 Å². The van der Waals surface area contributed by atoms with E-state index in [0.717, 1.165) is 5.56 Å². The van der Waals surface area contributed by atoms with Gasteiger partial charge in [0.1, 0.15) is 6.61 Å². The van der Waals surface area contributed by atoms with Gasteiger partial charge in [-0.15, -0.1) is 0 Å². The lowest BCUT2D eigenvalue weighted by atomic mass is 9.96. The highest BCUT2D eigenvalue weighted by Crippen LogP contribution is 2.30. The van der Waals surface area contributed by atoms with E-state index in [9.17, 15) is 4.79 Å². The average Bonchev–Trinajstić information content (AvgIpc) is 2.80. The van der Waals surface area contributed by atoms with Crippen LogP contribution in [0.25, 0.3) is 11.1 Å². The van der Waals surface area contributed by atoms with Crippen LogP contribution in [0.4, 0.5) is 4.79 Å². The molecule has 3 rings (SSSR count). The highest BCUT2D eigenvalue weighted by Gasteiger charge is 2.30. The molecule has 1 unspecified atom stereocenters. The first-order chi connectivity index (χ1) is 9.66. The maximum Gasteiger partial charge on any atom is 0.410 e. The van der Waals surface area contributed by atoms with Crippen LogP contribution in [0, 0.1) is 6.92 Å². The van der Waals surface area contributed by atoms with Gasteiger partial charge in [-0.25, -0.2) is 4.79 Å². The minimum Gasteiger partial charge on any atom is -0.447 e. The van der Waals surface area contributed by atoms with Gasteiger partial charge in [-0.05, 0) is 29.2 Å². The minimum absolute atomic E-state index is 0.0195. The Hall–Kier alpha value is -2.29. The van der Waals surface area contributed by atoms with Crippen LogP contribution in [0.2, 0.25) is 0 Å². The van der Waals surface area contributed by atoms with Crippen LogP contribution in [0.5, 0.6) is 0 Å². The Kier molecular flexibility index (Phi) is 3.18. The van der Waals surface area contributed by atoms with Crippen molar-refractivity contribution in [3.05, 3.63) is 59.7 Å². The van der Waals surface area contributed by atoms with E-state index >= 15 is 0 Å². The van der Waals surface area contributed by atoms with Crippen molar-refractivity contribution in [1.82, 2.24) is 4.90 Å². The van der Waals surface area contributed by atoms with E-state index in [2.05, 4.69) is 37.3 Å². The summed E-state index contributed by atoms with van der Waals surface area (Å²) < 4.78 is 5.07. The van der Waals surface area contributed by atoms with Crippen molar-refractivity contribution in [3.63, 3.8) is 0 Å². The van der Waals surface area contributed by atoms with Crippen molar-refractivity contribution < 1.29 is 9.53 Å². The fourth-order valence-electron chi connectivity index (χ4n) is 2.65. The van der Waals surface area contributed by atoms with E-state index < -0.39 is 0 Å². The Morgan fingerprint density at radius 3 is 2.50 bits per heavy atom. The topological polar surface area (TPSA) is 29.5 Å². The number of carbonyl (C=O) groups is 1. The predicted molar refractivity (Wildman–Crippen MR) is 78.5 cm³/mol. The lowest BCUT2D eigenvalue weighted by molar-refractivity contribution is 0.163. The number of benzene rings is 2. The molecule has 2 aromatic carbocycles. The highest BCUT2D eigenvalue weighted by molar-refractivity contribution is 5.71. The number of hydrogen-bond acceptors (Lipinski definition) is 2. The first kappa shape index (κ1) is 12.7. The number of likely N-dealkylation sites (N-methyl/N-ethyl adjacent to an activating group) is 1. The minimum atomic E-state index is -0.250. The molecule has 3 heteroatoms. The van der Waals surface area contributed by atoms with Gasteiger partial charge in [-0.2, -0.15) is 0 Å². The van der Waals surface area contributed by atoms with E-state index in [4.69, 9.17) is 4.74 Å². The number of aryl methyl sites for hydroxylation is 1. The Morgan fingerprint density at radius 1 is 1.15 bits per heavy atom. The van der Waals surface area contributed by atoms with Gasteiger partial charge in [0.15, 0.2) is 0 Å². The Bertz CT molecular complexity index is 637. The van der Waals surface area contributed by atoms with E-state index in [1.807, 2.05) is 18.2 Å². The first-order valence-corrected chi connectivity index (χ1v) is 6.72. The maximum absolute atomic E-state index is 11.4. The second-order valence-electron chi connectivity index (χ2n) is 5.14. The summed E-state index contributed by atoms with van der Waals surface area (Å²) in [5.41, 5.74) is 4.77. The summed E-state index contributed by atoms with van der Waals surface area (Å²) in [6, 6.07) is 16.7. The van der Waals surface area contributed by atoms with Gasteiger partial charge in [-0.3, -0.25) is 0 Å². The molecular weight excluding hydrogens is 250 g/mol. The summed E-state index contributed by atoms with van der Waals surface area (Å²) in [4.78, 5) is 13.1. The van der Waals surface area contributed by atoms with Crippen molar-refractivity contribution in [3.8, 4) is 11.1 Å². The number of hydrogen-bond donors (Lipinski definition) is 0. The van der Waals surface area contributed by atoms with Gasteiger partial charge < -0.3 is 9.64 Å². The molecule has 0 spiro atoms. The first-order valence-electron chi connectivity index (χ1n) is 6.72. The molecule has 1 aliphatic rings. The number of cyclic esters (lactones) is 1. The van der Waals surface area contributed by atoms with Gasteiger partial charge in [-0.1, -0.05) is 48.5 Å². The largest absolute Gasteiger partial charge is 0.447 e. The summed E-state index contributed by atoms with van der Waals surface area (Å²) in [7, 11) is 1.78. The zero-order valence-corrected chi connectivity index (χ0v) is 11.7. The normalized spacial score (nSPS) is 18.2. The molecule has 20 heavy (non-hydrogen) atoms. The summed E-state index contributed by atoms with van der Waals surface area (Å²) >= 11 is 0. The van der Waals surface area contributed by atoms with Crippen LogP contribution in [0.1, 0.15) is 17.2 Å². The molecule has 2 aromatic rings. The van der Waals surface area contributed by atoms with E-state index in [-0.39, 0.29) is 12.1 Å². The number of nitrogens with zero attached hydrogens (tertiary/aromatic N) is 1. The van der Waals surface area contributed by atoms with Gasteiger partial charge in [0.2, 0.25) is 0 Å². The fourth-order valence-corrected chi connectivity index (χ4v) is 2.65. The van der Waals surface area contributed by atoms with Crippen molar-refractivity contribution >= 4 is 6.09 Å². The lowest BCUT2D eigenvalue weighted by Crippen LogP contribution is -2.22. The summed E-state index contributed by atoms with van der Waals surface area (Å²) in [5, 5.41) is 0. The Labute approximate surface area is 118 Å². The summed E-state index contributed by atoms with van der Waals surface area (Å²) in [5.74, 6) is 0. The van der Waals surface area contributed by atoms with Crippen molar-refractivity contribution in [1.29, 1.82) is 0 Å². The second-order valence-corrected chi connectivity index (χ2v) is 5.14. The smallest absolute Gasteiger partial charge is 0.410 e. The predicted octanol–water partition coefficient (Wildman–Crippen LogP) is 3.79. The van der Waals surface area contributed by atoms with Gasteiger partial charge in [0.25, 0.3) is 0 Å². The molecule has 0 aromatic heterocycles. The zero-order chi connectivity index (χ0) is 14.1. The van der Waals surface area contributed by atoms with E-state index in [0.29, 0.717) is 6.61 Å². The second kappa shape index (κ2) is 5.00. The molecule has 1 atom stereocenters. The third-order valence-corrected chi connectivity index (χ3v) is 3.84. The molecule has 3 nitrogen and oxygen atoms in total. The molecule has 1 amide bonds. The number of carbonyl (C=O) groups excluding carboxylic acids is 1. The van der Waals surface area contributed by atoms with Crippen LogP contribution in [0.15, 0.2) is 48.5 Å². The number of amides is 1. The third kappa shape index (κ3) is 2.16. The molecule has 1 heterocycles. The molecule has 1 aliphatic heterocycles. The maximum atomic E-state index is 11.4. The SMILES string of the molecule is Cc1cc(C2COC(=O)N2C)ccc1-c1ccccc1.